The summed E-state index contributed by atoms with van der Waals surface area (Å²) in [7, 11) is 1.74. The summed E-state index contributed by atoms with van der Waals surface area (Å²) >= 11 is 0. The lowest BCUT2D eigenvalue weighted by Gasteiger charge is -2.23. The Bertz CT molecular complexity index is 491. The van der Waals surface area contributed by atoms with E-state index in [0.717, 1.165) is 24.3 Å². The highest BCUT2D eigenvalue weighted by atomic mass is 16.5. The molecule has 1 heterocycles. The number of hydrogen-bond donors (Lipinski definition) is 1. The second-order valence-electron chi connectivity index (χ2n) is 5.03. The number of methoxy groups -OCH3 is 1. The lowest BCUT2D eigenvalue weighted by Crippen LogP contribution is -2.25. The van der Waals surface area contributed by atoms with Crippen LogP contribution in [0.2, 0.25) is 0 Å². The van der Waals surface area contributed by atoms with Crippen molar-refractivity contribution in [1.82, 2.24) is 14.8 Å². The minimum Gasteiger partial charge on any atom is -0.385 e. The molecule has 2 rings (SSSR count). The minimum absolute atomic E-state index is 0.0896. The number of ether oxygens (including phenoxy) is 1. The predicted octanol–water partition coefficient (Wildman–Crippen LogP) is 2.49. The van der Waals surface area contributed by atoms with Crippen molar-refractivity contribution in [2.75, 3.05) is 19.0 Å². The quantitative estimate of drug-likeness (QED) is 0.867. The van der Waals surface area contributed by atoms with Gasteiger partial charge in [0.2, 0.25) is 0 Å². The highest BCUT2D eigenvalue weighted by Crippen LogP contribution is 2.15. The van der Waals surface area contributed by atoms with E-state index in [4.69, 9.17) is 4.74 Å². The van der Waals surface area contributed by atoms with Gasteiger partial charge in [-0.1, -0.05) is 0 Å². The molecule has 2 aromatic rings. The van der Waals surface area contributed by atoms with Crippen LogP contribution in [0.5, 0.6) is 0 Å². The van der Waals surface area contributed by atoms with Gasteiger partial charge in [-0.3, -0.25) is 0 Å². The molecule has 1 aromatic heterocycles. The Kier molecular flexibility index (Phi) is 4.16. The van der Waals surface area contributed by atoms with E-state index in [-0.39, 0.29) is 5.60 Å². The van der Waals surface area contributed by atoms with Crippen molar-refractivity contribution < 1.29 is 4.74 Å². The van der Waals surface area contributed by atoms with Crippen molar-refractivity contribution in [2.45, 2.75) is 25.9 Å². The van der Waals surface area contributed by atoms with Gasteiger partial charge in [-0.25, -0.2) is 9.67 Å². The SMILES string of the molecule is COC(C)(C)CCNc1ccc(-n2cncn2)cc1. The van der Waals surface area contributed by atoms with E-state index in [9.17, 15) is 0 Å². The molecule has 0 aliphatic rings. The highest BCUT2D eigenvalue weighted by molar-refractivity contribution is 5.48. The second-order valence-corrected chi connectivity index (χ2v) is 5.03. The van der Waals surface area contributed by atoms with E-state index in [0.29, 0.717) is 0 Å². The van der Waals surface area contributed by atoms with Gasteiger partial charge in [0.25, 0.3) is 0 Å². The molecular formula is C14H20N4O. The number of aromatic nitrogens is 3. The van der Waals surface area contributed by atoms with Crippen LogP contribution < -0.4 is 5.32 Å². The van der Waals surface area contributed by atoms with E-state index >= 15 is 0 Å². The second kappa shape index (κ2) is 5.84. The Labute approximate surface area is 113 Å². The van der Waals surface area contributed by atoms with Crippen LogP contribution >= 0.6 is 0 Å². The number of rotatable bonds is 6. The summed E-state index contributed by atoms with van der Waals surface area (Å²) in [6.45, 7) is 5.05. The molecule has 0 radical (unpaired) electrons. The van der Waals surface area contributed by atoms with Crippen molar-refractivity contribution in [2.24, 2.45) is 0 Å². The topological polar surface area (TPSA) is 52.0 Å². The number of nitrogens with one attached hydrogen (secondary N) is 1. The zero-order chi connectivity index (χ0) is 13.7. The normalized spacial score (nSPS) is 11.5. The van der Waals surface area contributed by atoms with Gasteiger partial charge in [-0.2, -0.15) is 5.10 Å². The number of nitrogens with zero attached hydrogens (tertiary/aromatic N) is 3. The van der Waals surface area contributed by atoms with Gasteiger partial charge in [-0.05, 0) is 44.5 Å². The Morgan fingerprint density at radius 2 is 2.00 bits per heavy atom. The Hall–Kier alpha value is -1.88. The maximum absolute atomic E-state index is 5.39. The standard InChI is InChI=1S/C14H20N4O/c1-14(2,19-3)8-9-16-12-4-6-13(7-5-12)18-11-15-10-17-18/h4-7,10-11,16H,8-9H2,1-3H3. The first-order valence-electron chi connectivity index (χ1n) is 6.35. The summed E-state index contributed by atoms with van der Waals surface area (Å²) in [6.07, 6.45) is 4.16. The van der Waals surface area contributed by atoms with Crippen LogP contribution in [0, 0.1) is 0 Å². The van der Waals surface area contributed by atoms with Crippen molar-refractivity contribution in [3.8, 4) is 5.69 Å². The largest absolute Gasteiger partial charge is 0.385 e. The first-order valence-corrected chi connectivity index (χ1v) is 6.35. The molecule has 0 bridgehead atoms. The van der Waals surface area contributed by atoms with Crippen LogP contribution in [0.3, 0.4) is 0 Å². The zero-order valence-corrected chi connectivity index (χ0v) is 11.6. The third-order valence-electron chi connectivity index (χ3n) is 3.16. The van der Waals surface area contributed by atoms with Crippen LogP contribution in [0.4, 0.5) is 5.69 Å². The molecule has 0 saturated carbocycles. The summed E-state index contributed by atoms with van der Waals surface area (Å²) < 4.78 is 7.12. The Balaban J connectivity index is 1.89. The fourth-order valence-electron chi connectivity index (χ4n) is 1.68. The molecule has 19 heavy (non-hydrogen) atoms. The van der Waals surface area contributed by atoms with Crippen molar-refractivity contribution in [3.63, 3.8) is 0 Å². The monoisotopic (exact) mass is 260 g/mol. The van der Waals surface area contributed by atoms with Crippen LogP contribution in [-0.2, 0) is 4.74 Å². The molecule has 0 unspecified atom stereocenters. The number of anilines is 1. The molecule has 5 heteroatoms. The molecular weight excluding hydrogens is 240 g/mol. The maximum Gasteiger partial charge on any atom is 0.138 e. The average molecular weight is 260 g/mol. The van der Waals surface area contributed by atoms with Gasteiger partial charge in [0.05, 0.1) is 11.3 Å². The van der Waals surface area contributed by atoms with Gasteiger partial charge in [0.15, 0.2) is 0 Å². The third kappa shape index (κ3) is 3.79. The molecule has 0 atom stereocenters. The Morgan fingerprint density at radius 3 is 2.58 bits per heavy atom. The van der Waals surface area contributed by atoms with Gasteiger partial charge in [0.1, 0.15) is 12.7 Å². The summed E-state index contributed by atoms with van der Waals surface area (Å²) in [5, 5.41) is 7.47. The molecule has 0 fully saturated rings. The summed E-state index contributed by atoms with van der Waals surface area (Å²) in [5.74, 6) is 0. The number of benzene rings is 1. The van der Waals surface area contributed by atoms with E-state index in [1.165, 1.54) is 6.33 Å². The Morgan fingerprint density at radius 1 is 1.26 bits per heavy atom. The van der Waals surface area contributed by atoms with Crippen molar-refractivity contribution >= 4 is 5.69 Å². The van der Waals surface area contributed by atoms with Gasteiger partial charge < -0.3 is 10.1 Å². The smallest absolute Gasteiger partial charge is 0.138 e. The molecule has 102 valence electrons. The highest BCUT2D eigenvalue weighted by Gasteiger charge is 2.15. The van der Waals surface area contributed by atoms with Crippen molar-refractivity contribution in [1.29, 1.82) is 0 Å². The summed E-state index contributed by atoms with van der Waals surface area (Å²) in [4.78, 5) is 3.93. The molecule has 0 saturated heterocycles. The van der Waals surface area contributed by atoms with Gasteiger partial charge in [-0.15, -0.1) is 0 Å². The molecule has 0 aliphatic heterocycles. The molecule has 1 N–H and O–H groups in total. The molecule has 5 nitrogen and oxygen atoms in total. The number of hydrogen-bond acceptors (Lipinski definition) is 4. The van der Waals surface area contributed by atoms with Gasteiger partial charge >= 0.3 is 0 Å². The van der Waals surface area contributed by atoms with Crippen LogP contribution in [0.25, 0.3) is 5.69 Å². The molecule has 0 aliphatic carbocycles. The zero-order valence-electron chi connectivity index (χ0n) is 11.6. The summed E-state index contributed by atoms with van der Waals surface area (Å²) in [6, 6.07) is 8.10. The molecule has 0 amide bonds. The first-order chi connectivity index (χ1) is 9.11. The lowest BCUT2D eigenvalue weighted by molar-refractivity contribution is 0.0185. The van der Waals surface area contributed by atoms with Gasteiger partial charge in [0, 0.05) is 19.3 Å². The van der Waals surface area contributed by atoms with Crippen LogP contribution in [0.1, 0.15) is 20.3 Å². The lowest BCUT2D eigenvalue weighted by atomic mass is 10.1. The summed E-state index contributed by atoms with van der Waals surface area (Å²) in [5.41, 5.74) is 2.00. The van der Waals surface area contributed by atoms with E-state index in [1.54, 1.807) is 18.1 Å². The molecule has 1 aromatic carbocycles. The molecule has 0 spiro atoms. The fourth-order valence-corrected chi connectivity index (χ4v) is 1.68. The maximum atomic E-state index is 5.39. The van der Waals surface area contributed by atoms with Crippen LogP contribution in [-0.4, -0.2) is 34.0 Å². The average Bonchev–Trinajstić information content (AvgIpc) is 2.93. The third-order valence-corrected chi connectivity index (χ3v) is 3.16. The predicted molar refractivity (Wildman–Crippen MR) is 75.6 cm³/mol. The minimum atomic E-state index is -0.0896. The van der Waals surface area contributed by atoms with E-state index in [1.807, 2.05) is 24.3 Å². The van der Waals surface area contributed by atoms with E-state index < -0.39 is 0 Å². The van der Waals surface area contributed by atoms with Crippen LogP contribution in [0.15, 0.2) is 36.9 Å². The van der Waals surface area contributed by atoms with E-state index in [2.05, 4.69) is 29.2 Å². The fraction of sp³-hybridized carbons (Fsp3) is 0.429. The first kappa shape index (κ1) is 13.5. The van der Waals surface area contributed by atoms with Crippen molar-refractivity contribution in [3.05, 3.63) is 36.9 Å².